The molecule has 0 aliphatic heterocycles. The number of hydrogen-bond donors (Lipinski definition) is 1. The van der Waals surface area contributed by atoms with E-state index in [0.717, 1.165) is 5.56 Å². The SMILES string of the molecule is C#CC(C)c1cccc(O)c1Br. The Hall–Kier alpha value is -0.940. The average molecular weight is 225 g/mol. The maximum Gasteiger partial charge on any atom is 0.130 e. The van der Waals surface area contributed by atoms with Crippen LogP contribution in [0.5, 0.6) is 5.75 Å². The van der Waals surface area contributed by atoms with Crippen LogP contribution < -0.4 is 0 Å². The van der Waals surface area contributed by atoms with E-state index < -0.39 is 0 Å². The highest BCUT2D eigenvalue weighted by atomic mass is 79.9. The number of hydrogen-bond acceptors (Lipinski definition) is 1. The van der Waals surface area contributed by atoms with Crippen molar-refractivity contribution >= 4 is 15.9 Å². The van der Waals surface area contributed by atoms with Gasteiger partial charge in [0.1, 0.15) is 5.75 Å². The first-order valence-corrected chi connectivity index (χ1v) is 4.39. The van der Waals surface area contributed by atoms with E-state index in [2.05, 4.69) is 21.9 Å². The van der Waals surface area contributed by atoms with Crippen molar-refractivity contribution in [3.8, 4) is 18.1 Å². The molecule has 1 nitrogen and oxygen atoms in total. The minimum atomic E-state index is 0.0199. The molecule has 1 unspecified atom stereocenters. The molecule has 0 aliphatic carbocycles. The van der Waals surface area contributed by atoms with Crippen LogP contribution in [-0.2, 0) is 0 Å². The van der Waals surface area contributed by atoms with E-state index in [0.29, 0.717) is 4.47 Å². The van der Waals surface area contributed by atoms with Crippen molar-refractivity contribution in [3.05, 3.63) is 28.2 Å². The monoisotopic (exact) mass is 224 g/mol. The van der Waals surface area contributed by atoms with Crippen LogP contribution in [0.25, 0.3) is 0 Å². The summed E-state index contributed by atoms with van der Waals surface area (Å²) in [5.41, 5.74) is 0.942. The van der Waals surface area contributed by atoms with E-state index >= 15 is 0 Å². The Morgan fingerprint density at radius 3 is 2.83 bits per heavy atom. The molecule has 1 aromatic rings. The summed E-state index contributed by atoms with van der Waals surface area (Å²) >= 11 is 3.28. The van der Waals surface area contributed by atoms with Crippen molar-refractivity contribution < 1.29 is 5.11 Å². The molecule has 1 aromatic carbocycles. The van der Waals surface area contributed by atoms with E-state index in [9.17, 15) is 5.11 Å². The molecule has 1 atom stereocenters. The van der Waals surface area contributed by atoms with Gasteiger partial charge in [0.25, 0.3) is 0 Å². The Kier molecular flexibility index (Phi) is 2.78. The summed E-state index contributed by atoms with van der Waals surface area (Å²) in [5.74, 6) is 2.86. The van der Waals surface area contributed by atoms with Crippen molar-refractivity contribution in [3.63, 3.8) is 0 Å². The van der Waals surface area contributed by atoms with Gasteiger partial charge in [-0.05, 0) is 34.5 Å². The molecule has 0 amide bonds. The van der Waals surface area contributed by atoms with Crippen LogP contribution in [-0.4, -0.2) is 5.11 Å². The smallest absolute Gasteiger partial charge is 0.130 e. The molecule has 0 saturated carbocycles. The van der Waals surface area contributed by atoms with Crippen molar-refractivity contribution in [1.82, 2.24) is 0 Å². The van der Waals surface area contributed by atoms with Gasteiger partial charge >= 0.3 is 0 Å². The van der Waals surface area contributed by atoms with E-state index in [1.165, 1.54) is 0 Å². The zero-order chi connectivity index (χ0) is 9.14. The predicted molar refractivity (Wildman–Crippen MR) is 53.1 cm³/mol. The minimum Gasteiger partial charge on any atom is -0.507 e. The summed E-state index contributed by atoms with van der Waals surface area (Å²) in [6.07, 6.45) is 5.27. The fourth-order valence-electron chi connectivity index (χ4n) is 0.961. The second-order valence-electron chi connectivity index (χ2n) is 2.57. The van der Waals surface area contributed by atoms with Crippen LogP contribution in [0.4, 0.5) is 0 Å². The number of phenols is 1. The first kappa shape index (κ1) is 9.15. The fraction of sp³-hybridized carbons (Fsp3) is 0.200. The van der Waals surface area contributed by atoms with Gasteiger partial charge in [0, 0.05) is 5.92 Å². The summed E-state index contributed by atoms with van der Waals surface area (Å²) in [5, 5.41) is 9.33. The third kappa shape index (κ3) is 1.62. The highest BCUT2D eigenvalue weighted by Gasteiger charge is 2.08. The quantitative estimate of drug-likeness (QED) is 0.728. The van der Waals surface area contributed by atoms with E-state index in [1.807, 2.05) is 13.0 Å². The van der Waals surface area contributed by atoms with Gasteiger partial charge in [0.2, 0.25) is 0 Å². The van der Waals surface area contributed by atoms with Crippen molar-refractivity contribution in [2.75, 3.05) is 0 Å². The molecule has 0 fully saturated rings. The Morgan fingerprint density at radius 1 is 1.58 bits per heavy atom. The molecule has 0 saturated heterocycles. The molecule has 0 aliphatic rings. The maximum atomic E-state index is 9.33. The van der Waals surface area contributed by atoms with Gasteiger partial charge in [-0.1, -0.05) is 18.1 Å². The lowest BCUT2D eigenvalue weighted by Crippen LogP contribution is -1.90. The summed E-state index contributed by atoms with van der Waals surface area (Å²) in [6.45, 7) is 1.92. The molecule has 1 N–H and O–H groups in total. The maximum absolute atomic E-state index is 9.33. The lowest BCUT2D eigenvalue weighted by atomic mass is 10.0. The normalized spacial score (nSPS) is 12.1. The molecule has 0 radical (unpaired) electrons. The van der Waals surface area contributed by atoms with Gasteiger partial charge in [-0.3, -0.25) is 0 Å². The highest BCUT2D eigenvalue weighted by molar-refractivity contribution is 9.10. The Bertz CT molecular complexity index is 325. The van der Waals surface area contributed by atoms with E-state index in [4.69, 9.17) is 6.42 Å². The van der Waals surface area contributed by atoms with Crippen molar-refractivity contribution in [2.45, 2.75) is 12.8 Å². The molecule has 0 spiro atoms. The second-order valence-corrected chi connectivity index (χ2v) is 3.36. The molecule has 62 valence electrons. The zero-order valence-electron chi connectivity index (χ0n) is 6.71. The number of aromatic hydroxyl groups is 1. The lowest BCUT2D eigenvalue weighted by Gasteiger charge is -2.07. The van der Waals surface area contributed by atoms with Crippen LogP contribution in [0.15, 0.2) is 22.7 Å². The third-order valence-electron chi connectivity index (χ3n) is 1.72. The molecule has 12 heavy (non-hydrogen) atoms. The largest absolute Gasteiger partial charge is 0.507 e. The summed E-state index contributed by atoms with van der Waals surface area (Å²) in [4.78, 5) is 0. The molecular weight excluding hydrogens is 216 g/mol. The van der Waals surface area contributed by atoms with E-state index in [-0.39, 0.29) is 11.7 Å². The molecular formula is C10H9BrO. The highest BCUT2D eigenvalue weighted by Crippen LogP contribution is 2.31. The zero-order valence-corrected chi connectivity index (χ0v) is 8.30. The van der Waals surface area contributed by atoms with Crippen molar-refractivity contribution in [2.24, 2.45) is 0 Å². The van der Waals surface area contributed by atoms with Gasteiger partial charge in [0.05, 0.1) is 4.47 Å². The van der Waals surface area contributed by atoms with E-state index in [1.54, 1.807) is 12.1 Å². The predicted octanol–water partition coefficient (Wildman–Crippen LogP) is 2.89. The van der Waals surface area contributed by atoms with Gasteiger partial charge in [-0.2, -0.15) is 0 Å². The molecule has 0 aromatic heterocycles. The Balaban J connectivity index is 3.18. The fourth-order valence-corrected chi connectivity index (χ4v) is 1.57. The number of rotatable bonds is 1. The second kappa shape index (κ2) is 3.64. The third-order valence-corrected chi connectivity index (χ3v) is 2.59. The lowest BCUT2D eigenvalue weighted by molar-refractivity contribution is 0.471. The van der Waals surface area contributed by atoms with Crippen LogP contribution >= 0.6 is 15.9 Å². The van der Waals surface area contributed by atoms with Crippen molar-refractivity contribution in [1.29, 1.82) is 0 Å². The molecule has 2 heteroatoms. The first-order chi connectivity index (χ1) is 5.66. The standard InChI is InChI=1S/C10H9BrO/c1-3-7(2)8-5-4-6-9(12)10(8)11/h1,4-7,12H,2H3. The van der Waals surface area contributed by atoms with Gasteiger partial charge in [-0.15, -0.1) is 6.42 Å². The summed E-state index contributed by atoms with van der Waals surface area (Å²) in [6, 6.07) is 5.30. The van der Waals surface area contributed by atoms with Gasteiger partial charge in [-0.25, -0.2) is 0 Å². The van der Waals surface area contributed by atoms with Crippen LogP contribution in [0.2, 0.25) is 0 Å². The molecule has 0 bridgehead atoms. The van der Waals surface area contributed by atoms with Crippen LogP contribution in [0, 0.1) is 12.3 Å². The van der Waals surface area contributed by atoms with Crippen LogP contribution in [0.3, 0.4) is 0 Å². The summed E-state index contributed by atoms with van der Waals surface area (Å²) in [7, 11) is 0. The Morgan fingerprint density at radius 2 is 2.25 bits per heavy atom. The van der Waals surface area contributed by atoms with Gasteiger partial charge < -0.3 is 5.11 Å². The number of terminal acetylenes is 1. The minimum absolute atomic E-state index is 0.0199. The molecule has 1 rings (SSSR count). The number of phenolic OH excluding ortho intramolecular Hbond substituents is 1. The number of benzene rings is 1. The Labute approximate surface area is 80.6 Å². The molecule has 0 heterocycles. The van der Waals surface area contributed by atoms with Gasteiger partial charge in [0.15, 0.2) is 0 Å². The van der Waals surface area contributed by atoms with Crippen LogP contribution in [0.1, 0.15) is 18.4 Å². The number of halogens is 1. The average Bonchev–Trinajstić information content (AvgIpc) is 2.08. The topological polar surface area (TPSA) is 20.2 Å². The first-order valence-electron chi connectivity index (χ1n) is 3.60. The summed E-state index contributed by atoms with van der Waals surface area (Å²) < 4.78 is 0.690.